The van der Waals surface area contributed by atoms with Gasteiger partial charge in [-0.25, -0.2) is 9.59 Å². The first kappa shape index (κ1) is 24.1. The molecule has 0 spiro atoms. The van der Waals surface area contributed by atoms with Gasteiger partial charge in [-0.15, -0.1) is 0 Å². The summed E-state index contributed by atoms with van der Waals surface area (Å²) < 4.78 is 21.9. The lowest BCUT2D eigenvalue weighted by atomic mass is 10.2. The van der Waals surface area contributed by atoms with Crippen molar-refractivity contribution in [1.29, 1.82) is 0 Å². The lowest BCUT2D eigenvalue weighted by Gasteiger charge is -2.11. The summed E-state index contributed by atoms with van der Waals surface area (Å²) in [7, 11) is 3.01. The summed E-state index contributed by atoms with van der Waals surface area (Å²) in [5.74, 6) is -0.0252. The first-order chi connectivity index (χ1) is 15.4. The van der Waals surface area contributed by atoms with E-state index < -0.39 is 11.9 Å². The summed E-state index contributed by atoms with van der Waals surface area (Å²) in [6.07, 6.45) is 8.60. The topological polar surface area (TPSA) is 112 Å². The first-order valence-corrected chi connectivity index (χ1v) is 9.51. The minimum absolute atomic E-state index is 0.278. The van der Waals surface area contributed by atoms with Crippen molar-refractivity contribution < 1.29 is 38.7 Å². The van der Waals surface area contributed by atoms with Crippen LogP contribution in [-0.4, -0.2) is 49.6 Å². The summed E-state index contributed by atoms with van der Waals surface area (Å²) in [6, 6.07) is 10.2. The molecule has 0 aromatic heterocycles. The van der Waals surface area contributed by atoms with Crippen molar-refractivity contribution in [3.63, 3.8) is 0 Å². The number of aliphatic carboxylic acids is 2. The van der Waals surface area contributed by atoms with Gasteiger partial charge in [-0.1, -0.05) is 12.1 Å². The van der Waals surface area contributed by atoms with Crippen LogP contribution < -0.4 is 18.9 Å². The average molecular weight is 440 g/mol. The minimum atomic E-state index is -1.03. The Morgan fingerprint density at radius 3 is 1.47 bits per heavy atom. The van der Waals surface area contributed by atoms with Crippen LogP contribution in [0.3, 0.4) is 0 Å². The van der Waals surface area contributed by atoms with Crippen LogP contribution in [0, 0.1) is 0 Å². The molecule has 2 aromatic rings. The van der Waals surface area contributed by atoms with E-state index in [4.69, 9.17) is 29.2 Å². The smallest absolute Gasteiger partial charge is 0.328 e. The molecule has 32 heavy (non-hydrogen) atoms. The number of benzene rings is 2. The SMILES string of the molecule is COc1cc(/C=C/C(=O)O)ccc1OC/C=C/COc1ccc(/C=C/C(=O)O)cc1OC. The second kappa shape index (κ2) is 12.5. The molecule has 8 heteroatoms. The molecule has 0 aliphatic carbocycles. The molecule has 2 rings (SSSR count). The number of rotatable bonds is 12. The van der Waals surface area contributed by atoms with Gasteiger partial charge >= 0.3 is 11.9 Å². The molecule has 0 unspecified atom stereocenters. The van der Waals surface area contributed by atoms with Crippen LogP contribution in [0.2, 0.25) is 0 Å². The molecule has 8 nitrogen and oxygen atoms in total. The Morgan fingerprint density at radius 1 is 0.719 bits per heavy atom. The van der Waals surface area contributed by atoms with Crippen LogP contribution in [0.1, 0.15) is 11.1 Å². The molecule has 0 bridgehead atoms. The Morgan fingerprint density at radius 2 is 1.12 bits per heavy atom. The molecule has 0 aliphatic rings. The fourth-order valence-electron chi connectivity index (χ4n) is 2.56. The second-order valence-corrected chi connectivity index (χ2v) is 6.26. The van der Waals surface area contributed by atoms with Crippen LogP contribution in [-0.2, 0) is 9.59 Å². The molecule has 2 N–H and O–H groups in total. The second-order valence-electron chi connectivity index (χ2n) is 6.26. The summed E-state index contributed by atoms with van der Waals surface area (Å²) in [4.78, 5) is 21.2. The van der Waals surface area contributed by atoms with Crippen LogP contribution >= 0.6 is 0 Å². The van der Waals surface area contributed by atoms with Gasteiger partial charge in [0, 0.05) is 12.2 Å². The number of carboxylic acid groups (broad SMARTS) is 2. The predicted molar refractivity (Wildman–Crippen MR) is 119 cm³/mol. The average Bonchev–Trinajstić information content (AvgIpc) is 2.79. The Labute approximate surface area is 185 Å². The number of carbonyl (C=O) groups is 2. The predicted octanol–water partition coefficient (Wildman–Crippen LogP) is 3.91. The van der Waals surface area contributed by atoms with Gasteiger partial charge in [0.2, 0.25) is 0 Å². The van der Waals surface area contributed by atoms with Crippen LogP contribution in [0.4, 0.5) is 0 Å². The van der Waals surface area contributed by atoms with Crippen LogP contribution in [0.5, 0.6) is 23.0 Å². The largest absolute Gasteiger partial charge is 0.493 e. The van der Waals surface area contributed by atoms with Crippen LogP contribution in [0.25, 0.3) is 12.2 Å². The molecule has 0 heterocycles. The van der Waals surface area contributed by atoms with Crippen molar-refractivity contribution in [2.24, 2.45) is 0 Å². The summed E-state index contributed by atoms with van der Waals surface area (Å²) in [5.41, 5.74) is 1.36. The molecule has 2 aromatic carbocycles. The van der Waals surface area contributed by atoms with E-state index in [0.717, 1.165) is 12.2 Å². The van der Waals surface area contributed by atoms with Gasteiger partial charge in [0.25, 0.3) is 0 Å². The van der Waals surface area contributed by atoms with E-state index >= 15 is 0 Å². The number of ether oxygens (including phenoxy) is 4. The van der Waals surface area contributed by atoms with Gasteiger partial charge in [0.05, 0.1) is 14.2 Å². The minimum Gasteiger partial charge on any atom is -0.493 e. The van der Waals surface area contributed by atoms with Gasteiger partial charge in [0.15, 0.2) is 23.0 Å². The molecule has 0 aliphatic heterocycles. The molecule has 0 saturated heterocycles. The van der Waals surface area contributed by atoms with E-state index in [0.29, 0.717) is 34.1 Å². The Bertz CT molecular complexity index is 939. The zero-order chi connectivity index (χ0) is 23.3. The van der Waals surface area contributed by atoms with Gasteiger partial charge in [-0.2, -0.15) is 0 Å². The van der Waals surface area contributed by atoms with Gasteiger partial charge in [-0.05, 0) is 59.7 Å². The lowest BCUT2D eigenvalue weighted by Crippen LogP contribution is -1.99. The maximum absolute atomic E-state index is 10.6. The fourth-order valence-corrected chi connectivity index (χ4v) is 2.56. The quantitative estimate of drug-likeness (QED) is 0.377. The highest BCUT2D eigenvalue weighted by Gasteiger charge is 2.06. The van der Waals surface area contributed by atoms with E-state index in [1.165, 1.54) is 26.4 Å². The third-order valence-electron chi connectivity index (χ3n) is 4.05. The fraction of sp³-hybridized carbons (Fsp3) is 0.167. The van der Waals surface area contributed by atoms with E-state index in [1.54, 1.807) is 48.6 Å². The molecular formula is C24H24O8. The highest BCUT2D eigenvalue weighted by molar-refractivity contribution is 5.86. The number of methoxy groups -OCH3 is 2. The highest BCUT2D eigenvalue weighted by Crippen LogP contribution is 2.29. The van der Waals surface area contributed by atoms with Crippen molar-refractivity contribution >= 4 is 24.1 Å². The zero-order valence-electron chi connectivity index (χ0n) is 17.7. The summed E-state index contributed by atoms with van der Waals surface area (Å²) in [5, 5.41) is 17.4. The van der Waals surface area contributed by atoms with E-state index in [1.807, 2.05) is 0 Å². The highest BCUT2D eigenvalue weighted by atomic mass is 16.5. The Hall–Kier alpha value is -4.20. The maximum atomic E-state index is 10.6. The molecule has 0 amide bonds. The van der Waals surface area contributed by atoms with Crippen molar-refractivity contribution in [1.82, 2.24) is 0 Å². The van der Waals surface area contributed by atoms with Gasteiger partial charge in [0.1, 0.15) is 13.2 Å². The lowest BCUT2D eigenvalue weighted by molar-refractivity contribution is -0.132. The Kier molecular flexibility index (Phi) is 9.39. The number of carboxylic acids is 2. The first-order valence-electron chi connectivity index (χ1n) is 9.51. The third kappa shape index (κ3) is 7.91. The van der Waals surface area contributed by atoms with E-state index in [9.17, 15) is 9.59 Å². The van der Waals surface area contributed by atoms with Crippen molar-refractivity contribution in [2.75, 3.05) is 27.4 Å². The summed E-state index contributed by atoms with van der Waals surface area (Å²) >= 11 is 0. The van der Waals surface area contributed by atoms with Crippen molar-refractivity contribution in [3.05, 3.63) is 71.8 Å². The third-order valence-corrected chi connectivity index (χ3v) is 4.05. The number of hydrogen-bond acceptors (Lipinski definition) is 6. The summed E-state index contributed by atoms with van der Waals surface area (Å²) in [6.45, 7) is 0.556. The monoisotopic (exact) mass is 440 g/mol. The molecule has 0 atom stereocenters. The molecule has 0 saturated carbocycles. The molecule has 168 valence electrons. The zero-order valence-corrected chi connectivity index (χ0v) is 17.7. The Balaban J connectivity index is 1.88. The van der Waals surface area contributed by atoms with E-state index in [-0.39, 0.29) is 13.2 Å². The van der Waals surface area contributed by atoms with Crippen LogP contribution in [0.15, 0.2) is 60.7 Å². The normalized spacial score (nSPS) is 11.2. The van der Waals surface area contributed by atoms with E-state index in [2.05, 4.69) is 0 Å². The molecular weight excluding hydrogens is 416 g/mol. The number of hydrogen-bond donors (Lipinski definition) is 2. The maximum Gasteiger partial charge on any atom is 0.328 e. The van der Waals surface area contributed by atoms with Gasteiger partial charge < -0.3 is 29.2 Å². The van der Waals surface area contributed by atoms with Crippen molar-refractivity contribution in [3.8, 4) is 23.0 Å². The molecule has 0 radical (unpaired) electrons. The molecule has 0 fully saturated rings. The standard InChI is InChI=1S/C24H24O8/c1-29-21-15-17(7-11-23(25)26)5-9-19(21)31-13-3-4-14-32-20-10-6-18(8-12-24(27)28)16-22(20)30-2/h3-12,15-16H,13-14H2,1-2H3,(H,25,26)(H,27,28)/b4-3+,11-7+,12-8+. The van der Waals surface area contributed by atoms with Crippen molar-refractivity contribution in [2.45, 2.75) is 0 Å². The van der Waals surface area contributed by atoms with Gasteiger partial charge in [-0.3, -0.25) is 0 Å².